The number of benzene rings is 1. The number of likely N-dealkylation sites (N-methyl/N-ethyl adjacent to an activating group) is 1. The van der Waals surface area contributed by atoms with Gasteiger partial charge in [0.05, 0.1) is 0 Å². The van der Waals surface area contributed by atoms with Crippen molar-refractivity contribution in [1.82, 2.24) is 10.6 Å². The van der Waals surface area contributed by atoms with Gasteiger partial charge in [-0.1, -0.05) is 24.3 Å². The fraction of sp³-hybridized carbons (Fsp3) is 0.571. The molecule has 0 saturated heterocycles. The van der Waals surface area contributed by atoms with E-state index in [0.29, 0.717) is 0 Å². The van der Waals surface area contributed by atoms with Crippen LogP contribution in [0.2, 0.25) is 0 Å². The second-order valence-electron chi connectivity index (χ2n) is 4.70. The van der Waals surface area contributed by atoms with Crippen LogP contribution in [0.15, 0.2) is 24.3 Å². The van der Waals surface area contributed by atoms with Gasteiger partial charge >= 0.3 is 0 Å². The number of hydrogen-bond acceptors (Lipinski definition) is 2. The normalized spacial score (nSPS) is 15.3. The predicted molar refractivity (Wildman–Crippen MR) is 68.5 cm³/mol. The summed E-state index contributed by atoms with van der Waals surface area (Å²) < 4.78 is 0. The van der Waals surface area contributed by atoms with E-state index in [4.69, 9.17) is 0 Å². The summed E-state index contributed by atoms with van der Waals surface area (Å²) in [6.45, 7) is 3.27. The molecule has 2 nitrogen and oxygen atoms in total. The summed E-state index contributed by atoms with van der Waals surface area (Å²) in [7, 11) is 2.01. The van der Waals surface area contributed by atoms with Gasteiger partial charge in [-0.2, -0.15) is 0 Å². The molecule has 1 saturated carbocycles. The quantitative estimate of drug-likeness (QED) is 0.731. The molecule has 16 heavy (non-hydrogen) atoms. The first-order valence-corrected chi connectivity index (χ1v) is 6.32. The van der Waals surface area contributed by atoms with Crippen molar-refractivity contribution in [1.29, 1.82) is 0 Å². The van der Waals surface area contributed by atoms with Gasteiger partial charge in [0, 0.05) is 6.54 Å². The maximum absolute atomic E-state index is 3.56. The van der Waals surface area contributed by atoms with Gasteiger partial charge in [0.1, 0.15) is 0 Å². The Morgan fingerprint density at radius 2 is 1.94 bits per heavy atom. The Labute approximate surface area is 98.4 Å². The Morgan fingerprint density at radius 3 is 2.62 bits per heavy atom. The molecule has 0 radical (unpaired) electrons. The molecule has 0 heterocycles. The number of hydrogen-bond donors (Lipinski definition) is 2. The SMILES string of the molecule is CNCCc1ccccc1CNCC1CC1. The number of nitrogens with one attached hydrogen (secondary N) is 2. The third-order valence-electron chi connectivity index (χ3n) is 3.21. The Balaban J connectivity index is 1.84. The Hall–Kier alpha value is -0.860. The van der Waals surface area contributed by atoms with Gasteiger partial charge in [-0.25, -0.2) is 0 Å². The fourth-order valence-electron chi connectivity index (χ4n) is 1.97. The standard InChI is InChI=1S/C14H22N2/c1-15-9-8-13-4-2-3-5-14(13)11-16-10-12-6-7-12/h2-5,12,15-16H,6-11H2,1H3. The van der Waals surface area contributed by atoms with Gasteiger partial charge in [0.15, 0.2) is 0 Å². The van der Waals surface area contributed by atoms with E-state index in [1.165, 1.54) is 30.5 Å². The Morgan fingerprint density at radius 1 is 1.19 bits per heavy atom. The molecule has 1 aliphatic rings. The highest BCUT2D eigenvalue weighted by atomic mass is 14.9. The summed E-state index contributed by atoms with van der Waals surface area (Å²) in [4.78, 5) is 0. The molecule has 0 bridgehead atoms. The third-order valence-corrected chi connectivity index (χ3v) is 3.21. The molecule has 2 heteroatoms. The summed E-state index contributed by atoms with van der Waals surface area (Å²) in [5.74, 6) is 0.962. The van der Waals surface area contributed by atoms with Gasteiger partial charge < -0.3 is 10.6 Å². The maximum atomic E-state index is 3.56. The molecular formula is C14H22N2. The molecule has 0 aliphatic heterocycles. The van der Waals surface area contributed by atoms with E-state index >= 15 is 0 Å². The monoisotopic (exact) mass is 218 g/mol. The van der Waals surface area contributed by atoms with Crippen molar-refractivity contribution in [3.8, 4) is 0 Å². The lowest BCUT2D eigenvalue weighted by atomic mass is 10.0. The van der Waals surface area contributed by atoms with E-state index in [1.54, 1.807) is 0 Å². The molecule has 2 N–H and O–H groups in total. The van der Waals surface area contributed by atoms with Gasteiger partial charge in [-0.05, 0) is 56.4 Å². The minimum atomic E-state index is 0.962. The van der Waals surface area contributed by atoms with Crippen LogP contribution in [0, 0.1) is 5.92 Å². The molecule has 0 spiro atoms. The molecule has 0 aromatic heterocycles. The molecule has 1 fully saturated rings. The van der Waals surface area contributed by atoms with Crippen LogP contribution < -0.4 is 10.6 Å². The van der Waals surface area contributed by atoms with Gasteiger partial charge in [-0.3, -0.25) is 0 Å². The highest BCUT2D eigenvalue weighted by molar-refractivity contribution is 5.27. The Bertz CT molecular complexity index is 318. The smallest absolute Gasteiger partial charge is 0.0208 e. The van der Waals surface area contributed by atoms with Gasteiger partial charge in [-0.15, -0.1) is 0 Å². The second-order valence-corrected chi connectivity index (χ2v) is 4.70. The van der Waals surface area contributed by atoms with Crippen molar-refractivity contribution < 1.29 is 0 Å². The average molecular weight is 218 g/mol. The van der Waals surface area contributed by atoms with Crippen molar-refractivity contribution in [2.45, 2.75) is 25.8 Å². The molecule has 1 aromatic rings. The van der Waals surface area contributed by atoms with Crippen LogP contribution in [0.4, 0.5) is 0 Å². The lowest BCUT2D eigenvalue weighted by Crippen LogP contribution is -2.18. The van der Waals surface area contributed by atoms with Crippen molar-refractivity contribution in [2.75, 3.05) is 20.1 Å². The van der Waals surface area contributed by atoms with E-state index in [0.717, 1.165) is 25.4 Å². The van der Waals surface area contributed by atoms with Crippen molar-refractivity contribution in [2.24, 2.45) is 5.92 Å². The Kier molecular flexibility index (Phi) is 4.37. The zero-order valence-electron chi connectivity index (χ0n) is 10.1. The highest BCUT2D eigenvalue weighted by Gasteiger charge is 2.20. The average Bonchev–Trinajstić information content (AvgIpc) is 3.12. The topological polar surface area (TPSA) is 24.1 Å². The first-order chi connectivity index (χ1) is 7.90. The largest absolute Gasteiger partial charge is 0.319 e. The zero-order chi connectivity index (χ0) is 11.2. The lowest BCUT2D eigenvalue weighted by Gasteiger charge is -2.10. The van der Waals surface area contributed by atoms with E-state index < -0.39 is 0 Å². The van der Waals surface area contributed by atoms with Crippen LogP contribution >= 0.6 is 0 Å². The first-order valence-electron chi connectivity index (χ1n) is 6.32. The zero-order valence-corrected chi connectivity index (χ0v) is 10.1. The molecule has 2 rings (SSSR count). The van der Waals surface area contributed by atoms with E-state index in [9.17, 15) is 0 Å². The second kappa shape index (κ2) is 6.02. The number of rotatable bonds is 7. The summed E-state index contributed by atoms with van der Waals surface area (Å²) in [6.07, 6.45) is 3.97. The molecule has 0 atom stereocenters. The van der Waals surface area contributed by atoms with E-state index in [2.05, 4.69) is 34.9 Å². The van der Waals surface area contributed by atoms with Crippen LogP contribution in [0.3, 0.4) is 0 Å². The van der Waals surface area contributed by atoms with Gasteiger partial charge in [0.25, 0.3) is 0 Å². The van der Waals surface area contributed by atoms with Crippen molar-refractivity contribution >= 4 is 0 Å². The summed E-state index contributed by atoms with van der Waals surface area (Å²) in [5, 5.41) is 6.77. The van der Waals surface area contributed by atoms with Crippen LogP contribution in [-0.2, 0) is 13.0 Å². The summed E-state index contributed by atoms with van der Waals surface area (Å²) >= 11 is 0. The summed E-state index contributed by atoms with van der Waals surface area (Å²) in [5.41, 5.74) is 2.93. The van der Waals surface area contributed by atoms with Crippen molar-refractivity contribution in [3.05, 3.63) is 35.4 Å². The lowest BCUT2D eigenvalue weighted by molar-refractivity contribution is 0.634. The highest BCUT2D eigenvalue weighted by Crippen LogP contribution is 2.27. The minimum Gasteiger partial charge on any atom is -0.319 e. The maximum Gasteiger partial charge on any atom is 0.0208 e. The first kappa shape index (κ1) is 11.6. The van der Waals surface area contributed by atoms with Crippen LogP contribution in [0.25, 0.3) is 0 Å². The predicted octanol–water partition coefficient (Wildman–Crippen LogP) is 1.95. The molecular weight excluding hydrogens is 196 g/mol. The van der Waals surface area contributed by atoms with Crippen LogP contribution in [0.1, 0.15) is 24.0 Å². The van der Waals surface area contributed by atoms with Gasteiger partial charge in [0.2, 0.25) is 0 Å². The van der Waals surface area contributed by atoms with E-state index in [-0.39, 0.29) is 0 Å². The van der Waals surface area contributed by atoms with Crippen LogP contribution in [-0.4, -0.2) is 20.1 Å². The molecule has 1 aliphatic carbocycles. The van der Waals surface area contributed by atoms with E-state index in [1.807, 2.05) is 7.05 Å². The van der Waals surface area contributed by atoms with Crippen molar-refractivity contribution in [3.63, 3.8) is 0 Å². The molecule has 0 unspecified atom stereocenters. The molecule has 1 aromatic carbocycles. The molecule has 88 valence electrons. The summed E-state index contributed by atoms with van der Waals surface area (Å²) in [6, 6.07) is 8.75. The minimum absolute atomic E-state index is 0.962. The molecule has 0 amide bonds. The third kappa shape index (κ3) is 3.62. The fourth-order valence-corrected chi connectivity index (χ4v) is 1.97. The van der Waals surface area contributed by atoms with Crippen LogP contribution in [0.5, 0.6) is 0 Å².